The SMILES string of the molecule is CCOC(=O)C1=C(C)Nc2nc3ccccc3n2[C@H]1c1cccc(OC)c1OC. The van der Waals surface area contributed by atoms with Crippen molar-refractivity contribution in [1.82, 2.24) is 9.55 Å². The molecule has 0 bridgehead atoms. The molecule has 1 aliphatic heterocycles. The zero-order chi connectivity index (χ0) is 20.5. The number of carbonyl (C=O) groups is 1. The monoisotopic (exact) mass is 393 g/mol. The van der Waals surface area contributed by atoms with Crippen molar-refractivity contribution in [2.75, 3.05) is 26.1 Å². The van der Waals surface area contributed by atoms with E-state index >= 15 is 0 Å². The number of carbonyl (C=O) groups excluding carboxylic acids is 1. The number of hydrogen-bond acceptors (Lipinski definition) is 6. The zero-order valence-corrected chi connectivity index (χ0v) is 16.9. The molecule has 0 saturated heterocycles. The third-order valence-corrected chi connectivity index (χ3v) is 5.05. The van der Waals surface area contributed by atoms with Crippen LogP contribution in [0, 0.1) is 0 Å². The van der Waals surface area contributed by atoms with Crippen molar-refractivity contribution in [2.45, 2.75) is 19.9 Å². The van der Waals surface area contributed by atoms with Gasteiger partial charge in [-0.05, 0) is 32.0 Å². The maximum Gasteiger partial charge on any atom is 0.338 e. The second-order valence-corrected chi connectivity index (χ2v) is 6.66. The minimum Gasteiger partial charge on any atom is -0.493 e. The molecule has 0 fully saturated rings. The van der Waals surface area contributed by atoms with Gasteiger partial charge in [0.25, 0.3) is 0 Å². The lowest BCUT2D eigenvalue weighted by Gasteiger charge is -2.31. The first-order valence-electron chi connectivity index (χ1n) is 9.43. The molecular weight excluding hydrogens is 370 g/mol. The number of nitrogens with one attached hydrogen (secondary N) is 1. The molecule has 1 atom stereocenters. The Labute approximate surface area is 168 Å². The van der Waals surface area contributed by atoms with E-state index in [0.717, 1.165) is 16.6 Å². The number of methoxy groups -OCH3 is 2. The molecule has 29 heavy (non-hydrogen) atoms. The van der Waals surface area contributed by atoms with Crippen LogP contribution in [0.15, 0.2) is 53.7 Å². The summed E-state index contributed by atoms with van der Waals surface area (Å²) < 4.78 is 18.6. The van der Waals surface area contributed by atoms with E-state index in [4.69, 9.17) is 19.2 Å². The lowest BCUT2D eigenvalue weighted by molar-refractivity contribution is -0.139. The molecule has 150 valence electrons. The van der Waals surface area contributed by atoms with Crippen LogP contribution in [0.25, 0.3) is 11.0 Å². The summed E-state index contributed by atoms with van der Waals surface area (Å²) in [5, 5.41) is 3.26. The highest BCUT2D eigenvalue weighted by molar-refractivity contribution is 5.94. The predicted molar refractivity (Wildman–Crippen MR) is 110 cm³/mol. The van der Waals surface area contributed by atoms with Crippen LogP contribution >= 0.6 is 0 Å². The van der Waals surface area contributed by atoms with E-state index in [1.165, 1.54) is 0 Å². The van der Waals surface area contributed by atoms with Gasteiger partial charge in [-0.2, -0.15) is 0 Å². The van der Waals surface area contributed by atoms with Gasteiger partial charge in [-0.25, -0.2) is 9.78 Å². The Morgan fingerprint density at radius 1 is 1.14 bits per heavy atom. The number of allylic oxidation sites excluding steroid dienone is 1. The van der Waals surface area contributed by atoms with Crippen molar-refractivity contribution in [3.63, 3.8) is 0 Å². The molecular formula is C22H23N3O4. The number of nitrogens with zero attached hydrogens (tertiary/aromatic N) is 2. The van der Waals surface area contributed by atoms with Gasteiger partial charge >= 0.3 is 5.97 Å². The summed E-state index contributed by atoms with van der Waals surface area (Å²) in [6.45, 7) is 3.94. The van der Waals surface area contributed by atoms with Crippen molar-refractivity contribution in [1.29, 1.82) is 0 Å². The fraction of sp³-hybridized carbons (Fsp3) is 0.273. The highest BCUT2D eigenvalue weighted by atomic mass is 16.5. The molecule has 0 radical (unpaired) electrons. The van der Waals surface area contributed by atoms with Crippen molar-refractivity contribution in [3.8, 4) is 11.5 Å². The average Bonchev–Trinajstić information content (AvgIpc) is 3.09. The fourth-order valence-electron chi connectivity index (χ4n) is 3.86. The van der Waals surface area contributed by atoms with E-state index < -0.39 is 6.04 Å². The molecule has 3 aromatic rings. The minimum absolute atomic E-state index is 0.287. The van der Waals surface area contributed by atoms with Crippen LogP contribution in [-0.4, -0.2) is 36.3 Å². The molecule has 1 N–H and O–H groups in total. The van der Waals surface area contributed by atoms with Gasteiger partial charge < -0.3 is 19.5 Å². The van der Waals surface area contributed by atoms with Gasteiger partial charge in [0.05, 0.1) is 43.5 Å². The van der Waals surface area contributed by atoms with Crippen LogP contribution in [-0.2, 0) is 9.53 Å². The van der Waals surface area contributed by atoms with Crippen LogP contribution in [0.2, 0.25) is 0 Å². The van der Waals surface area contributed by atoms with E-state index in [1.54, 1.807) is 21.1 Å². The van der Waals surface area contributed by atoms with Crippen LogP contribution in [0.1, 0.15) is 25.5 Å². The highest BCUT2D eigenvalue weighted by Crippen LogP contribution is 2.45. The molecule has 2 heterocycles. The van der Waals surface area contributed by atoms with Crippen LogP contribution in [0.4, 0.5) is 5.95 Å². The Morgan fingerprint density at radius 3 is 2.66 bits per heavy atom. The van der Waals surface area contributed by atoms with Crippen molar-refractivity contribution < 1.29 is 19.0 Å². The normalized spacial score (nSPS) is 15.7. The van der Waals surface area contributed by atoms with Gasteiger partial charge in [0.2, 0.25) is 5.95 Å². The van der Waals surface area contributed by atoms with Gasteiger partial charge in [-0.15, -0.1) is 0 Å². The van der Waals surface area contributed by atoms with E-state index in [2.05, 4.69) is 5.32 Å². The van der Waals surface area contributed by atoms with Gasteiger partial charge in [0, 0.05) is 11.3 Å². The first kappa shape index (κ1) is 18.9. The average molecular weight is 393 g/mol. The number of rotatable bonds is 5. The van der Waals surface area contributed by atoms with E-state index in [1.807, 2.05) is 54.0 Å². The number of aromatic nitrogens is 2. The van der Waals surface area contributed by atoms with Crippen molar-refractivity contribution in [2.24, 2.45) is 0 Å². The summed E-state index contributed by atoms with van der Waals surface area (Å²) >= 11 is 0. The van der Waals surface area contributed by atoms with Crippen molar-refractivity contribution in [3.05, 3.63) is 59.3 Å². The summed E-state index contributed by atoms with van der Waals surface area (Å²) in [4.78, 5) is 17.7. The molecule has 0 unspecified atom stereocenters. The molecule has 7 heteroatoms. The highest BCUT2D eigenvalue weighted by Gasteiger charge is 2.37. The zero-order valence-electron chi connectivity index (χ0n) is 16.9. The number of benzene rings is 2. The maximum absolute atomic E-state index is 13.0. The summed E-state index contributed by atoms with van der Waals surface area (Å²) in [6, 6.07) is 13.0. The van der Waals surface area contributed by atoms with E-state index in [0.29, 0.717) is 28.7 Å². The minimum atomic E-state index is -0.484. The number of para-hydroxylation sites is 3. The van der Waals surface area contributed by atoms with Crippen molar-refractivity contribution >= 4 is 23.0 Å². The Kier molecular flexibility index (Phi) is 4.88. The number of fused-ring (bicyclic) bond motifs is 3. The molecule has 1 aromatic heterocycles. The van der Waals surface area contributed by atoms with Crippen LogP contribution in [0.3, 0.4) is 0 Å². The first-order chi connectivity index (χ1) is 14.1. The Bertz CT molecular complexity index is 1120. The quantitative estimate of drug-likeness (QED) is 0.663. The summed E-state index contributed by atoms with van der Waals surface area (Å²) in [7, 11) is 3.19. The molecule has 0 spiro atoms. The fourth-order valence-corrected chi connectivity index (χ4v) is 3.86. The van der Waals surface area contributed by atoms with Gasteiger partial charge in [-0.3, -0.25) is 4.57 Å². The first-order valence-corrected chi connectivity index (χ1v) is 9.43. The third-order valence-electron chi connectivity index (χ3n) is 5.05. The van der Waals surface area contributed by atoms with Gasteiger partial charge in [-0.1, -0.05) is 24.3 Å². The Hall–Kier alpha value is -3.48. The third kappa shape index (κ3) is 2.99. The molecule has 4 rings (SSSR count). The Balaban J connectivity index is 2.04. The second-order valence-electron chi connectivity index (χ2n) is 6.66. The number of esters is 1. The number of hydrogen-bond donors (Lipinski definition) is 1. The molecule has 0 saturated carbocycles. The molecule has 0 amide bonds. The molecule has 7 nitrogen and oxygen atoms in total. The predicted octanol–water partition coefficient (Wildman–Crippen LogP) is 3.91. The number of imidazole rings is 1. The van der Waals surface area contributed by atoms with Gasteiger partial charge in [0.1, 0.15) is 0 Å². The second kappa shape index (κ2) is 7.50. The number of anilines is 1. The van der Waals surface area contributed by atoms with E-state index in [9.17, 15) is 4.79 Å². The molecule has 0 aliphatic carbocycles. The molecule has 2 aromatic carbocycles. The summed E-state index contributed by atoms with van der Waals surface area (Å²) in [6.07, 6.45) is 0. The summed E-state index contributed by atoms with van der Waals surface area (Å²) in [5.74, 6) is 1.44. The lowest BCUT2D eigenvalue weighted by atomic mass is 9.94. The topological polar surface area (TPSA) is 74.6 Å². The maximum atomic E-state index is 13.0. The van der Waals surface area contributed by atoms with Crippen LogP contribution in [0.5, 0.6) is 11.5 Å². The lowest BCUT2D eigenvalue weighted by Crippen LogP contribution is -2.29. The number of ether oxygens (including phenoxy) is 3. The molecule has 1 aliphatic rings. The smallest absolute Gasteiger partial charge is 0.338 e. The van der Waals surface area contributed by atoms with E-state index in [-0.39, 0.29) is 12.6 Å². The largest absolute Gasteiger partial charge is 0.493 e. The van der Waals surface area contributed by atoms with Crippen LogP contribution < -0.4 is 14.8 Å². The standard InChI is InChI=1S/C22H23N3O4/c1-5-29-21(26)18-13(2)23-22-24-15-10-6-7-11-16(15)25(22)19(18)14-9-8-12-17(27-3)20(14)28-4/h6-12,19H,5H2,1-4H3,(H,23,24)/t19-/m0/s1. The Morgan fingerprint density at radius 2 is 1.93 bits per heavy atom. The van der Waals surface area contributed by atoms with Gasteiger partial charge in [0.15, 0.2) is 11.5 Å². The summed E-state index contributed by atoms with van der Waals surface area (Å²) in [5.41, 5.74) is 3.73.